The summed E-state index contributed by atoms with van der Waals surface area (Å²) in [7, 11) is 4.12. The van der Waals surface area contributed by atoms with Gasteiger partial charge in [0.25, 0.3) is 0 Å². The molecule has 2 N–H and O–H groups in total. The summed E-state index contributed by atoms with van der Waals surface area (Å²) in [6.45, 7) is 3.72. The van der Waals surface area contributed by atoms with Crippen LogP contribution in [-0.2, 0) is 19.5 Å². The van der Waals surface area contributed by atoms with E-state index < -0.39 is 0 Å². The first-order valence-electron chi connectivity index (χ1n) is 4.99. The topological polar surface area (TPSA) is 42.2 Å². The number of aryl methyl sites for hydroxylation is 1. The largest absolute Gasteiger partial charge is 0.326 e. The molecule has 14 heavy (non-hydrogen) atoms. The first kappa shape index (κ1) is 11.6. The zero-order chi connectivity index (χ0) is 10.6. The van der Waals surface area contributed by atoms with Crippen molar-refractivity contribution in [2.24, 2.45) is 5.73 Å². The predicted octanol–water partition coefficient (Wildman–Crippen LogP) is 1.62. The molecule has 4 heteroatoms. The Balaban J connectivity index is 2.77. The zero-order valence-electron chi connectivity index (χ0n) is 9.21. The highest BCUT2D eigenvalue weighted by Gasteiger charge is 2.09. The summed E-state index contributed by atoms with van der Waals surface area (Å²) < 4.78 is 0. The average Bonchev–Trinajstić information content (AvgIpc) is 2.47. The molecule has 1 aromatic heterocycles. The van der Waals surface area contributed by atoms with Crippen LogP contribution in [-0.4, -0.2) is 24.0 Å². The molecule has 0 bridgehead atoms. The molecular formula is C10H19N3S. The van der Waals surface area contributed by atoms with Gasteiger partial charge in [-0.05, 0) is 20.5 Å². The summed E-state index contributed by atoms with van der Waals surface area (Å²) in [4.78, 5) is 7.99. The van der Waals surface area contributed by atoms with E-state index in [4.69, 9.17) is 5.73 Å². The van der Waals surface area contributed by atoms with Crippen molar-refractivity contribution in [3.8, 4) is 0 Å². The van der Waals surface area contributed by atoms with Crippen LogP contribution in [0.25, 0.3) is 0 Å². The van der Waals surface area contributed by atoms with Crippen molar-refractivity contribution < 1.29 is 0 Å². The van der Waals surface area contributed by atoms with E-state index in [0.717, 1.165) is 19.4 Å². The molecule has 1 heterocycles. The van der Waals surface area contributed by atoms with Crippen LogP contribution in [0.3, 0.4) is 0 Å². The SMILES string of the molecule is CCCc1nc(CN(C)C)sc1CN. The second kappa shape index (κ2) is 5.44. The van der Waals surface area contributed by atoms with Crippen LogP contribution in [0.2, 0.25) is 0 Å². The smallest absolute Gasteiger partial charge is 0.107 e. The molecule has 0 unspecified atom stereocenters. The molecule has 0 aliphatic rings. The van der Waals surface area contributed by atoms with Crippen molar-refractivity contribution in [1.29, 1.82) is 0 Å². The lowest BCUT2D eigenvalue weighted by Gasteiger charge is -2.04. The molecule has 0 atom stereocenters. The lowest BCUT2D eigenvalue weighted by atomic mass is 10.2. The van der Waals surface area contributed by atoms with E-state index in [-0.39, 0.29) is 0 Å². The minimum Gasteiger partial charge on any atom is -0.326 e. The Morgan fingerprint density at radius 3 is 2.64 bits per heavy atom. The number of hydrogen-bond donors (Lipinski definition) is 1. The molecule has 0 aromatic carbocycles. The second-order valence-corrected chi connectivity index (χ2v) is 4.84. The fourth-order valence-corrected chi connectivity index (χ4v) is 2.48. The number of nitrogens with zero attached hydrogens (tertiary/aromatic N) is 2. The van der Waals surface area contributed by atoms with Gasteiger partial charge in [0.2, 0.25) is 0 Å². The fraction of sp³-hybridized carbons (Fsp3) is 0.700. The molecular weight excluding hydrogens is 194 g/mol. The predicted molar refractivity (Wildman–Crippen MR) is 61.4 cm³/mol. The quantitative estimate of drug-likeness (QED) is 0.808. The molecule has 3 nitrogen and oxygen atoms in total. The summed E-state index contributed by atoms with van der Waals surface area (Å²) in [5.41, 5.74) is 6.89. The fourth-order valence-electron chi connectivity index (χ4n) is 1.37. The third kappa shape index (κ3) is 3.04. The Hall–Kier alpha value is -0.450. The maximum atomic E-state index is 5.68. The van der Waals surface area contributed by atoms with Crippen molar-refractivity contribution in [1.82, 2.24) is 9.88 Å². The number of thiazole rings is 1. The van der Waals surface area contributed by atoms with E-state index in [2.05, 4.69) is 30.9 Å². The lowest BCUT2D eigenvalue weighted by molar-refractivity contribution is 0.401. The number of aromatic nitrogens is 1. The normalized spacial score (nSPS) is 11.2. The van der Waals surface area contributed by atoms with Gasteiger partial charge in [-0.15, -0.1) is 11.3 Å². The van der Waals surface area contributed by atoms with Crippen LogP contribution in [0, 0.1) is 0 Å². The van der Waals surface area contributed by atoms with E-state index in [1.807, 2.05) is 0 Å². The van der Waals surface area contributed by atoms with Gasteiger partial charge >= 0.3 is 0 Å². The molecule has 0 aliphatic carbocycles. The van der Waals surface area contributed by atoms with E-state index in [0.29, 0.717) is 6.54 Å². The van der Waals surface area contributed by atoms with Gasteiger partial charge in [0.1, 0.15) is 5.01 Å². The maximum absolute atomic E-state index is 5.68. The molecule has 0 aliphatic heterocycles. The minimum atomic E-state index is 0.625. The summed E-state index contributed by atoms with van der Waals surface area (Å²) in [5, 5.41) is 1.18. The van der Waals surface area contributed by atoms with Crippen LogP contribution >= 0.6 is 11.3 Å². The number of nitrogens with two attached hydrogens (primary N) is 1. The average molecular weight is 213 g/mol. The molecule has 1 rings (SSSR count). The first-order chi connectivity index (χ1) is 6.67. The molecule has 0 saturated heterocycles. The Kier molecular flexibility index (Phi) is 4.51. The zero-order valence-corrected chi connectivity index (χ0v) is 10.0. The molecule has 0 amide bonds. The molecule has 80 valence electrons. The van der Waals surface area contributed by atoms with Crippen LogP contribution in [0.4, 0.5) is 0 Å². The Morgan fingerprint density at radius 2 is 2.14 bits per heavy atom. The standard InChI is InChI=1S/C10H19N3S/c1-4-5-8-9(6-11)14-10(12-8)7-13(2)3/h4-7,11H2,1-3H3. The van der Waals surface area contributed by atoms with E-state index >= 15 is 0 Å². The van der Waals surface area contributed by atoms with Crippen LogP contribution in [0.15, 0.2) is 0 Å². The van der Waals surface area contributed by atoms with E-state index in [9.17, 15) is 0 Å². The maximum Gasteiger partial charge on any atom is 0.107 e. The summed E-state index contributed by atoms with van der Waals surface area (Å²) >= 11 is 1.75. The van der Waals surface area contributed by atoms with Gasteiger partial charge in [0, 0.05) is 18.0 Å². The Morgan fingerprint density at radius 1 is 1.43 bits per heavy atom. The van der Waals surface area contributed by atoms with Crippen molar-refractivity contribution in [2.45, 2.75) is 32.9 Å². The third-order valence-corrected chi connectivity index (χ3v) is 3.05. The van der Waals surface area contributed by atoms with Crippen LogP contribution < -0.4 is 5.73 Å². The van der Waals surface area contributed by atoms with Crippen molar-refractivity contribution in [3.05, 3.63) is 15.6 Å². The Bertz CT molecular complexity index is 281. The van der Waals surface area contributed by atoms with Gasteiger partial charge in [0.15, 0.2) is 0 Å². The van der Waals surface area contributed by atoms with Gasteiger partial charge in [-0.1, -0.05) is 13.3 Å². The van der Waals surface area contributed by atoms with Crippen LogP contribution in [0.1, 0.15) is 28.9 Å². The van der Waals surface area contributed by atoms with Crippen molar-refractivity contribution in [2.75, 3.05) is 14.1 Å². The molecule has 1 aromatic rings. The van der Waals surface area contributed by atoms with Gasteiger partial charge < -0.3 is 10.6 Å². The second-order valence-electron chi connectivity index (χ2n) is 3.67. The molecule has 0 fully saturated rings. The van der Waals surface area contributed by atoms with E-state index in [1.165, 1.54) is 15.6 Å². The number of hydrogen-bond acceptors (Lipinski definition) is 4. The summed E-state index contributed by atoms with van der Waals surface area (Å²) in [6.07, 6.45) is 2.19. The molecule has 0 spiro atoms. The lowest BCUT2D eigenvalue weighted by Crippen LogP contribution is -2.10. The number of rotatable bonds is 5. The molecule has 0 radical (unpaired) electrons. The highest BCUT2D eigenvalue weighted by molar-refractivity contribution is 7.11. The van der Waals surface area contributed by atoms with Gasteiger partial charge in [-0.2, -0.15) is 0 Å². The first-order valence-corrected chi connectivity index (χ1v) is 5.81. The summed E-state index contributed by atoms with van der Waals surface area (Å²) in [6, 6.07) is 0. The third-order valence-electron chi connectivity index (χ3n) is 1.95. The van der Waals surface area contributed by atoms with Gasteiger partial charge in [-0.3, -0.25) is 0 Å². The van der Waals surface area contributed by atoms with Crippen molar-refractivity contribution in [3.63, 3.8) is 0 Å². The van der Waals surface area contributed by atoms with Crippen LogP contribution in [0.5, 0.6) is 0 Å². The monoisotopic (exact) mass is 213 g/mol. The highest BCUT2D eigenvalue weighted by Crippen LogP contribution is 2.20. The Labute approximate surface area is 89.9 Å². The highest BCUT2D eigenvalue weighted by atomic mass is 32.1. The van der Waals surface area contributed by atoms with Gasteiger partial charge in [-0.25, -0.2) is 4.98 Å². The summed E-state index contributed by atoms with van der Waals surface area (Å²) in [5.74, 6) is 0. The van der Waals surface area contributed by atoms with Crippen molar-refractivity contribution >= 4 is 11.3 Å². The van der Waals surface area contributed by atoms with E-state index in [1.54, 1.807) is 11.3 Å². The minimum absolute atomic E-state index is 0.625. The molecule has 0 saturated carbocycles. The van der Waals surface area contributed by atoms with Gasteiger partial charge in [0.05, 0.1) is 5.69 Å².